The maximum Gasteiger partial charge on any atom is 0.161 e. The van der Waals surface area contributed by atoms with E-state index in [0.717, 1.165) is 32.1 Å². The molecule has 0 spiro atoms. The fourth-order valence-electron chi connectivity index (χ4n) is 4.03. The van der Waals surface area contributed by atoms with Crippen LogP contribution in [0.5, 0.6) is 0 Å². The smallest absolute Gasteiger partial charge is 0.161 e. The molecule has 0 aromatic carbocycles. The minimum Gasteiger partial charge on any atom is -0.388 e. The third kappa shape index (κ3) is 5.13. The van der Waals surface area contributed by atoms with Gasteiger partial charge in [-0.1, -0.05) is 52.0 Å². The number of aliphatic hydroxyl groups is 3. The maximum absolute atomic E-state index is 12.7. The average molecular weight is 354 g/mol. The van der Waals surface area contributed by atoms with Gasteiger partial charge in [0, 0.05) is 12.0 Å². The van der Waals surface area contributed by atoms with Crippen LogP contribution in [0.2, 0.25) is 0 Å². The molecule has 1 fully saturated rings. The zero-order valence-electron chi connectivity index (χ0n) is 15.6. The lowest BCUT2D eigenvalue weighted by molar-refractivity contribution is -0.178. The van der Waals surface area contributed by atoms with Crippen LogP contribution in [0.1, 0.15) is 65.2 Å². The molecule has 0 amide bonds. The van der Waals surface area contributed by atoms with Crippen molar-refractivity contribution in [3.8, 4) is 0 Å². The number of Topliss-reactive ketones (excluding diaryl/α,β-unsaturated/α-hetero) is 1. The summed E-state index contributed by atoms with van der Waals surface area (Å²) in [7, 11) is 0. The van der Waals surface area contributed by atoms with Crippen molar-refractivity contribution < 1.29 is 24.9 Å². The van der Waals surface area contributed by atoms with Gasteiger partial charge < -0.3 is 20.1 Å². The summed E-state index contributed by atoms with van der Waals surface area (Å²) in [4.78, 5) is 12.7. The molecule has 0 bridgehead atoms. The molecule has 2 rings (SSSR count). The summed E-state index contributed by atoms with van der Waals surface area (Å²) in [5.41, 5.74) is 0.492. The molecule has 3 N–H and O–H groups in total. The number of rotatable bonds is 8. The molecule has 5 nitrogen and oxygen atoms in total. The van der Waals surface area contributed by atoms with E-state index < -0.39 is 24.4 Å². The first kappa shape index (κ1) is 20.6. The fraction of sp³-hybridized carbons (Fsp3) is 0.850. The molecule has 0 radical (unpaired) electrons. The number of carbonyl (C=O) groups excluding carboxylic acids is 1. The highest BCUT2D eigenvalue weighted by Crippen LogP contribution is 2.37. The molecule has 1 heterocycles. The highest BCUT2D eigenvalue weighted by molar-refractivity contribution is 5.97. The van der Waals surface area contributed by atoms with Crippen molar-refractivity contribution in [3.05, 3.63) is 11.6 Å². The molecule has 1 saturated heterocycles. The molecule has 5 heteroatoms. The zero-order valence-corrected chi connectivity index (χ0v) is 15.6. The Morgan fingerprint density at radius 2 is 1.76 bits per heavy atom. The summed E-state index contributed by atoms with van der Waals surface area (Å²) in [5.74, 6) is 0.705. The predicted molar refractivity (Wildman–Crippen MR) is 96.1 cm³/mol. The Hall–Kier alpha value is -0.750. The lowest BCUT2D eigenvalue weighted by atomic mass is 9.73. The molecule has 25 heavy (non-hydrogen) atoms. The quantitative estimate of drug-likeness (QED) is 0.583. The van der Waals surface area contributed by atoms with E-state index in [1.807, 2.05) is 6.08 Å². The lowest BCUT2D eigenvalue weighted by Crippen LogP contribution is -2.54. The highest BCUT2D eigenvalue weighted by atomic mass is 16.5. The number of ether oxygens (including phenoxy) is 1. The van der Waals surface area contributed by atoms with Crippen molar-refractivity contribution >= 4 is 5.78 Å². The SMILES string of the molecule is CCCCCC1CC(=O)C(C2OCC(O)C(O)C2O)=CC1CCCC. The first-order chi connectivity index (χ1) is 12.0. The second kappa shape index (κ2) is 9.81. The molecule has 0 saturated carbocycles. The number of hydrogen-bond acceptors (Lipinski definition) is 5. The number of unbranched alkanes of at least 4 members (excludes halogenated alkanes) is 3. The molecule has 1 aliphatic heterocycles. The van der Waals surface area contributed by atoms with Crippen molar-refractivity contribution in [2.24, 2.45) is 11.8 Å². The summed E-state index contributed by atoms with van der Waals surface area (Å²) in [6.07, 6.45) is 5.86. The Kier molecular flexibility index (Phi) is 8.07. The van der Waals surface area contributed by atoms with Crippen LogP contribution >= 0.6 is 0 Å². The maximum atomic E-state index is 12.7. The van der Waals surface area contributed by atoms with E-state index in [0.29, 0.717) is 23.8 Å². The second-order valence-electron chi connectivity index (χ2n) is 7.61. The number of ketones is 1. The predicted octanol–water partition coefficient (Wildman–Crippen LogP) is 2.37. The topological polar surface area (TPSA) is 87.0 Å². The van der Waals surface area contributed by atoms with Gasteiger partial charge in [0.1, 0.15) is 24.4 Å². The first-order valence-corrected chi connectivity index (χ1v) is 9.90. The van der Waals surface area contributed by atoms with Crippen LogP contribution in [-0.4, -0.2) is 52.1 Å². The van der Waals surface area contributed by atoms with Crippen molar-refractivity contribution in [3.63, 3.8) is 0 Å². The van der Waals surface area contributed by atoms with E-state index in [-0.39, 0.29) is 12.4 Å². The van der Waals surface area contributed by atoms with Crippen LogP contribution in [0.4, 0.5) is 0 Å². The average Bonchev–Trinajstić information content (AvgIpc) is 2.60. The van der Waals surface area contributed by atoms with Crippen LogP contribution < -0.4 is 0 Å². The number of aliphatic hydroxyl groups excluding tert-OH is 3. The molecule has 2 aliphatic rings. The highest BCUT2D eigenvalue weighted by Gasteiger charge is 2.43. The van der Waals surface area contributed by atoms with E-state index in [1.54, 1.807) is 0 Å². The van der Waals surface area contributed by atoms with Crippen molar-refractivity contribution in [1.82, 2.24) is 0 Å². The Bertz CT molecular complexity index is 461. The molecule has 1 aliphatic carbocycles. The van der Waals surface area contributed by atoms with E-state index in [4.69, 9.17) is 4.74 Å². The standard InChI is InChI=1S/C20H34O5/c1-3-5-7-9-14-11-16(21)15(10-13(14)8-6-4-2)20-19(24)18(23)17(22)12-25-20/h10,13-14,17-20,22-24H,3-9,11-12H2,1-2H3. The van der Waals surface area contributed by atoms with Gasteiger partial charge in [0.05, 0.1) is 6.61 Å². The van der Waals surface area contributed by atoms with Crippen LogP contribution in [0.15, 0.2) is 11.6 Å². The second-order valence-corrected chi connectivity index (χ2v) is 7.61. The van der Waals surface area contributed by atoms with Crippen molar-refractivity contribution in [2.75, 3.05) is 6.61 Å². The van der Waals surface area contributed by atoms with Crippen molar-refractivity contribution in [1.29, 1.82) is 0 Å². The number of allylic oxidation sites excluding steroid dienone is 1. The van der Waals surface area contributed by atoms with Crippen molar-refractivity contribution in [2.45, 2.75) is 89.6 Å². The van der Waals surface area contributed by atoms with Crippen LogP contribution in [-0.2, 0) is 9.53 Å². The van der Waals surface area contributed by atoms with Gasteiger partial charge in [0.15, 0.2) is 5.78 Å². The van der Waals surface area contributed by atoms with Gasteiger partial charge in [0.2, 0.25) is 0 Å². The van der Waals surface area contributed by atoms with E-state index >= 15 is 0 Å². The summed E-state index contributed by atoms with van der Waals surface area (Å²) < 4.78 is 5.52. The molecule has 6 atom stereocenters. The third-order valence-corrected chi connectivity index (χ3v) is 5.65. The minimum atomic E-state index is -1.27. The molecule has 6 unspecified atom stereocenters. The van der Waals surface area contributed by atoms with Gasteiger partial charge in [-0.3, -0.25) is 4.79 Å². The lowest BCUT2D eigenvalue weighted by Gasteiger charge is -2.39. The molecule has 144 valence electrons. The summed E-state index contributed by atoms with van der Waals surface area (Å²) >= 11 is 0. The summed E-state index contributed by atoms with van der Waals surface area (Å²) in [6.45, 7) is 4.28. The largest absolute Gasteiger partial charge is 0.388 e. The Labute approximate surface area is 151 Å². The Morgan fingerprint density at radius 1 is 1.04 bits per heavy atom. The van der Waals surface area contributed by atoms with Gasteiger partial charge >= 0.3 is 0 Å². The molecule has 0 aromatic heterocycles. The normalized spacial score (nSPS) is 36.4. The zero-order chi connectivity index (χ0) is 18.4. The molecular weight excluding hydrogens is 320 g/mol. The van der Waals surface area contributed by atoms with Crippen LogP contribution in [0.25, 0.3) is 0 Å². The minimum absolute atomic E-state index is 0.0156. The van der Waals surface area contributed by atoms with Crippen LogP contribution in [0.3, 0.4) is 0 Å². The Balaban J connectivity index is 2.14. The Morgan fingerprint density at radius 3 is 2.44 bits per heavy atom. The monoisotopic (exact) mass is 354 g/mol. The van der Waals surface area contributed by atoms with Gasteiger partial charge in [-0.25, -0.2) is 0 Å². The van der Waals surface area contributed by atoms with Gasteiger partial charge in [0.25, 0.3) is 0 Å². The summed E-state index contributed by atoms with van der Waals surface area (Å²) in [5, 5.41) is 29.8. The number of hydrogen-bond donors (Lipinski definition) is 3. The first-order valence-electron chi connectivity index (χ1n) is 9.90. The number of carbonyl (C=O) groups is 1. The van der Waals surface area contributed by atoms with Crippen LogP contribution in [0, 0.1) is 11.8 Å². The van der Waals surface area contributed by atoms with Gasteiger partial charge in [-0.2, -0.15) is 0 Å². The van der Waals surface area contributed by atoms with E-state index in [2.05, 4.69) is 13.8 Å². The van der Waals surface area contributed by atoms with E-state index in [9.17, 15) is 20.1 Å². The van der Waals surface area contributed by atoms with E-state index in [1.165, 1.54) is 12.8 Å². The van der Waals surface area contributed by atoms with Gasteiger partial charge in [-0.15, -0.1) is 0 Å². The van der Waals surface area contributed by atoms with Gasteiger partial charge in [-0.05, 0) is 24.7 Å². The third-order valence-electron chi connectivity index (χ3n) is 5.65. The fourth-order valence-corrected chi connectivity index (χ4v) is 4.03. The summed E-state index contributed by atoms with van der Waals surface area (Å²) in [6, 6.07) is 0. The molecular formula is C20H34O5. The molecule has 0 aromatic rings.